The van der Waals surface area contributed by atoms with E-state index in [0.717, 1.165) is 51.2 Å². The van der Waals surface area contributed by atoms with Crippen LogP contribution in [0, 0.1) is 6.92 Å². The van der Waals surface area contributed by atoms with Gasteiger partial charge in [-0.1, -0.05) is 40.7 Å². The molecular formula is C25H22N6O3. The summed E-state index contributed by atoms with van der Waals surface area (Å²) in [6, 6.07) is 17.8. The van der Waals surface area contributed by atoms with Crippen LogP contribution in [0.1, 0.15) is 28.3 Å². The van der Waals surface area contributed by atoms with Crippen molar-refractivity contribution in [3.8, 4) is 28.6 Å². The molecule has 0 amide bonds. The molecule has 0 atom stereocenters. The van der Waals surface area contributed by atoms with Crippen molar-refractivity contribution < 1.29 is 14.0 Å². The fourth-order valence-electron chi connectivity index (χ4n) is 4.25. The lowest BCUT2D eigenvalue weighted by Crippen LogP contribution is -2.05. The van der Waals surface area contributed by atoms with E-state index in [0.29, 0.717) is 25.4 Å². The average molecular weight is 454 g/mol. The van der Waals surface area contributed by atoms with E-state index in [-0.39, 0.29) is 0 Å². The summed E-state index contributed by atoms with van der Waals surface area (Å²) in [5.74, 6) is 1.36. The van der Waals surface area contributed by atoms with Gasteiger partial charge < -0.3 is 14.0 Å². The number of nitrogens with zero attached hydrogens (tertiary/aromatic N) is 6. The second-order valence-electron chi connectivity index (χ2n) is 8.15. The largest absolute Gasteiger partial charge is 0.497 e. The maximum absolute atomic E-state index is 6.00. The van der Waals surface area contributed by atoms with Crippen molar-refractivity contribution in [3.63, 3.8) is 0 Å². The summed E-state index contributed by atoms with van der Waals surface area (Å²) in [5.41, 5.74) is 7.10. The molecule has 1 aliphatic rings. The van der Waals surface area contributed by atoms with Crippen LogP contribution in [0.2, 0.25) is 0 Å². The van der Waals surface area contributed by atoms with Gasteiger partial charge in [0.25, 0.3) is 0 Å². The maximum atomic E-state index is 6.00. The third-order valence-corrected chi connectivity index (χ3v) is 5.93. The SMILES string of the molecule is COc1ccc2c(c1)-n1nnc(COCc3ccccc3)c1Cc1c(-c3cc(C)no3)ncn1-2. The van der Waals surface area contributed by atoms with Crippen molar-refractivity contribution in [2.75, 3.05) is 7.11 Å². The summed E-state index contributed by atoms with van der Waals surface area (Å²) in [7, 11) is 1.65. The molecule has 0 N–H and O–H groups in total. The molecule has 34 heavy (non-hydrogen) atoms. The number of fused-ring (bicyclic) bond motifs is 5. The lowest BCUT2D eigenvalue weighted by atomic mass is 10.1. The molecule has 170 valence electrons. The van der Waals surface area contributed by atoms with Gasteiger partial charge in [-0.3, -0.25) is 4.57 Å². The Morgan fingerprint density at radius 1 is 1.00 bits per heavy atom. The highest BCUT2D eigenvalue weighted by molar-refractivity contribution is 5.64. The Bertz CT molecular complexity index is 1470. The molecule has 2 aromatic carbocycles. The van der Waals surface area contributed by atoms with Gasteiger partial charge in [-0.2, -0.15) is 0 Å². The molecule has 5 aromatic rings. The summed E-state index contributed by atoms with van der Waals surface area (Å²) in [6.07, 6.45) is 2.35. The number of aryl methyl sites for hydroxylation is 1. The molecule has 0 saturated carbocycles. The Hall–Kier alpha value is -4.24. The Morgan fingerprint density at radius 3 is 2.68 bits per heavy atom. The van der Waals surface area contributed by atoms with Gasteiger partial charge in [-0.25, -0.2) is 9.67 Å². The Kier molecular flexibility index (Phi) is 4.96. The van der Waals surface area contributed by atoms with Gasteiger partial charge in [0.2, 0.25) is 0 Å². The van der Waals surface area contributed by atoms with Crippen LogP contribution in [-0.4, -0.2) is 36.8 Å². The number of imidazole rings is 1. The van der Waals surface area contributed by atoms with Crippen LogP contribution in [0.5, 0.6) is 5.75 Å². The van der Waals surface area contributed by atoms with Crippen molar-refractivity contribution in [1.82, 2.24) is 29.7 Å². The molecule has 0 spiro atoms. The molecule has 9 nitrogen and oxygen atoms in total. The van der Waals surface area contributed by atoms with E-state index >= 15 is 0 Å². The number of ether oxygens (including phenoxy) is 2. The van der Waals surface area contributed by atoms with Crippen LogP contribution in [0.15, 0.2) is 65.4 Å². The number of benzene rings is 2. The first-order chi connectivity index (χ1) is 16.7. The van der Waals surface area contributed by atoms with E-state index < -0.39 is 0 Å². The zero-order chi connectivity index (χ0) is 23.1. The quantitative estimate of drug-likeness (QED) is 0.375. The zero-order valence-electron chi connectivity index (χ0n) is 18.8. The first-order valence-electron chi connectivity index (χ1n) is 10.9. The van der Waals surface area contributed by atoms with Crippen LogP contribution < -0.4 is 4.74 Å². The third kappa shape index (κ3) is 3.46. The molecule has 0 radical (unpaired) electrons. The summed E-state index contributed by atoms with van der Waals surface area (Å²) < 4.78 is 21.0. The predicted octanol–water partition coefficient (Wildman–Crippen LogP) is 4.05. The van der Waals surface area contributed by atoms with Crippen LogP contribution in [0.3, 0.4) is 0 Å². The van der Waals surface area contributed by atoms with Gasteiger partial charge in [0.05, 0.1) is 48.8 Å². The summed E-state index contributed by atoms with van der Waals surface area (Å²) >= 11 is 0. The van der Waals surface area contributed by atoms with Crippen LogP contribution in [0.4, 0.5) is 0 Å². The monoisotopic (exact) mass is 454 g/mol. The van der Waals surface area contributed by atoms with Gasteiger partial charge in [-0.05, 0) is 24.6 Å². The van der Waals surface area contributed by atoms with E-state index in [4.69, 9.17) is 14.0 Å². The second-order valence-corrected chi connectivity index (χ2v) is 8.15. The van der Waals surface area contributed by atoms with Crippen LogP contribution in [-0.2, 0) is 24.4 Å². The normalized spacial score (nSPS) is 12.1. The molecule has 6 rings (SSSR count). The number of rotatable bonds is 6. The van der Waals surface area contributed by atoms with Gasteiger partial charge in [-0.15, -0.1) is 5.10 Å². The zero-order valence-corrected chi connectivity index (χ0v) is 18.8. The standard InChI is InChI=1S/C25H22N6O3/c1-16-10-24(34-28-16)25-23-12-21-19(14-33-13-17-6-4-3-5-7-17)27-29-31(21)22-11-18(32-2)8-9-20(22)30(23)15-26-25/h3-11,15H,12-14H2,1-2H3. The van der Waals surface area contributed by atoms with E-state index in [9.17, 15) is 0 Å². The van der Waals surface area contributed by atoms with E-state index in [1.54, 1.807) is 13.4 Å². The van der Waals surface area contributed by atoms with Crippen molar-refractivity contribution in [2.45, 2.75) is 26.6 Å². The van der Waals surface area contributed by atoms with Crippen LogP contribution >= 0.6 is 0 Å². The molecular weight excluding hydrogens is 432 g/mol. The highest BCUT2D eigenvalue weighted by Gasteiger charge is 2.28. The fourth-order valence-corrected chi connectivity index (χ4v) is 4.25. The second kappa shape index (κ2) is 8.27. The first-order valence-corrected chi connectivity index (χ1v) is 10.9. The lowest BCUT2D eigenvalue weighted by molar-refractivity contribution is 0.104. The Morgan fingerprint density at radius 2 is 1.88 bits per heavy atom. The summed E-state index contributed by atoms with van der Waals surface area (Å²) in [5, 5.41) is 13.0. The van der Waals surface area contributed by atoms with E-state index in [1.165, 1.54) is 0 Å². The van der Waals surface area contributed by atoms with Crippen LogP contribution in [0.25, 0.3) is 22.8 Å². The minimum absolute atomic E-state index is 0.342. The Labute approximate surface area is 195 Å². The summed E-state index contributed by atoms with van der Waals surface area (Å²) in [6.45, 7) is 2.73. The molecule has 0 bridgehead atoms. The predicted molar refractivity (Wildman–Crippen MR) is 123 cm³/mol. The van der Waals surface area contributed by atoms with Crippen molar-refractivity contribution in [1.29, 1.82) is 0 Å². The van der Waals surface area contributed by atoms with E-state index in [1.807, 2.05) is 66.2 Å². The molecule has 0 unspecified atom stereocenters. The van der Waals surface area contributed by atoms with Gasteiger partial charge >= 0.3 is 0 Å². The molecule has 9 heteroatoms. The lowest BCUT2D eigenvalue weighted by Gasteiger charge is -2.11. The number of methoxy groups -OCH3 is 1. The van der Waals surface area contributed by atoms with Gasteiger partial charge in [0, 0.05) is 18.6 Å². The van der Waals surface area contributed by atoms with Crippen molar-refractivity contribution in [2.24, 2.45) is 0 Å². The number of aromatic nitrogens is 6. The average Bonchev–Trinajstić information content (AvgIpc) is 3.57. The minimum atomic E-state index is 0.342. The first kappa shape index (κ1) is 20.4. The molecule has 3 aromatic heterocycles. The molecule has 0 aliphatic carbocycles. The summed E-state index contributed by atoms with van der Waals surface area (Å²) in [4.78, 5) is 4.67. The molecule has 0 saturated heterocycles. The topological polar surface area (TPSA) is 93.0 Å². The van der Waals surface area contributed by atoms with Gasteiger partial charge in [0.15, 0.2) is 5.76 Å². The smallest absolute Gasteiger partial charge is 0.187 e. The van der Waals surface area contributed by atoms with Crippen molar-refractivity contribution in [3.05, 3.63) is 89.3 Å². The van der Waals surface area contributed by atoms with E-state index in [2.05, 4.69) is 25.0 Å². The highest BCUT2D eigenvalue weighted by Crippen LogP contribution is 2.35. The molecule has 4 heterocycles. The number of hydrogen-bond donors (Lipinski definition) is 0. The Balaban J connectivity index is 1.43. The highest BCUT2D eigenvalue weighted by atomic mass is 16.5. The van der Waals surface area contributed by atoms with Gasteiger partial charge in [0.1, 0.15) is 23.5 Å². The maximum Gasteiger partial charge on any atom is 0.187 e. The minimum Gasteiger partial charge on any atom is -0.497 e. The molecule has 0 fully saturated rings. The third-order valence-electron chi connectivity index (χ3n) is 5.93. The molecule has 1 aliphatic heterocycles. The van der Waals surface area contributed by atoms with Crippen molar-refractivity contribution >= 4 is 0 Å². The number of hydrogen-bond acceptors (Lipinski definition) is 7. The fraction of sp³-hybridized carbons (Fsp3) is 0.200.